The van der Waals surface area contributed by atoms with Crippen LogP contribution >= 0.6 is 0 Å². The van der Waals surface area contributed by atoms with Gasteiger partial charge in [-0.2, -0.15) is 5.26 Å². The van der Waals surface area contributed by atoms with Crippen molar-refractivity contribution >= 4 is 5.97 Å². The number of allylic oxidation sites excluding steroid dienone is 4. The van der Waals surface area contributed by atoms with E-state index in [1.807, 2.05) is 20.8 Å². The van der Waals surface area contributed by atoms with Gasteiger partial charge in [0.25, 0.3) is 0 Å². The zero-order valence-corrected chi connectivity index (χ0v) is 17.1. The number of hydrogen-bond donors (Lipinski definition) is 0. The molecule has 0 aromatic rings. The summed E-state index contributed by atoms with van der Waals surface area (Å²) in [5.74, 6) is 0.606. The van der Waals surface area contributed by atoms with Gasteiger partial charge in [0.15, 0.2) is 0 Å². The van der Waals surface area contributed by atoms with Crippen molar-refractivity contribution in [3.05, 3.63) is 23.8 Å². The standard InChI is InChI=1S/C23H37NO2/c1-23(2,3)22(25)26-18-12-10-16-21(13-7-4-5-11-17-24)19-20-14-8-6-9-15-20/h7,13,19-20H,4-6,8-12,14-16,18H2,1-3H3/b13-7+,21-19-. The Bertz CT molecular complexity index is 499. The number of carbonyl (C=O) groups excluding carboxylic acids is 1. The summed E-state index contributed by atoms with van der Waals surface area (Å²) in [7, 11) is 0. The van der Waals surface area contributed by atoms with Crippen LogP contribution in [-0.4, -0.2) is 12.6 Å². The van der Waals surface area contributed by atoms with Crippen LogP contribution in [0.15, 0.2) is 23.8 Å². The maximum Gasteiger partial charge on any atom is 0.311 e. The Kier molecular flexibility index (Phi) is 11.0. The molecule has 1 aliphatic rings. The van der Waals surface area contributed by atoms with E-state index >= 15 is 0 Å². The van der Waals surface area contributed by atoms with E-state index in [4.69, 9.17) is 10.00 Å². The van der Waals surface area contributed by atoms with Crippen LogP contribution in [0.3, 0.4) is 0 Å². The predicted octanol–water partition coefficient (Wildman–Crippen LogP) is 6.50. The third kappa shape index (κ3) is 10.4. The molecule has 3 heteroatoms. The van der Waals surface area contributed by atoms with Crippen LogP contribution in [0, 0.1) is 22.7 Å². The second-order valence-corrected chi connectivity index (χ2v) is 8.44. The van der Waals surface area contributed by atoms with E-state index in [0.29, 0.717) is 13.0 Å². The molecule has 146 valence electrons. The van der Waals surface area contributed by atoms with Gasteiger partial charge in [0.2, 0.25) is 0 Å². The van der Waals surface area contributed by atoms with Crippen LogP contribution in [0.2, 0.25) is 0 Å². The number of nitrogens with zero attached hydrogens (tertiary/aromatic N) is 1. The summed E-state index contributed by atoms with van der Waals surface area (Å²) in [5, 5.41) is 8.63. The maximum absolute atomic E-state index is 11.8. The normalized spacial score (nSPS) is 16.6. The lowest BCUT2D eigenvalue weighted by Gasteiger charge is -2.19. The maximum atomic E-state index is 11.8. The van der Waals surface area contributed by atoms with Gasteiger partial charge in [0.1, 0.15) is 0 Å². The second-order valence-electron chi connectivity index (χ2n) is 8.44. The van der Waals surface area contributed by atoms with Crippen molar-refractivity contribution in [3.8, 4) is 6.07 Å². The first-order valence-electron chi connectivity index (χ1n) is 10.3. The first kappa shape index (κ1) is 22.5. The molecule has 0 heterocycles. The molecule has 1 rings (SSSR count). The van der Waals surface area contributed by atoms with Crippen molar-refractivity contribution < 1.29 is 9.53 Å². The number of nitriles is 1. The molecule has 0 aromatic carbocycles. The number of unbranched alkanes of at least 4 members (excludes halogenated alkanes) is 3. The van der Waals surface area contributed by atoms with Crippen molar-refractivity contribution in [1.29, 1.82) is 5.26 Å². The number of esters is 1. The summed E-state index contributed by atoms with van der Waals surface area (Å²) in [4.78, 5) is 11.8. The Hall–Kier alpha value is -1.56. The minimum Gasteiger partial charge on any atom is -0.465 e. The number of carbonyl (C=O) groups is 1. The van der Waals surface area contributed by atoms with Gasteiger partial charge in [-0.25, -0.2) is 0 Å². The third-order valence-corrected chi connectivity index (χ3v) is 4.80. The van der Waals surface area contributed by atoms with Gasteiger partial charge in [-0.05, 0) is 71.6 Å². The average Bonchev–Trinajstić information content (AvgIpc) is 2.60. The summed E-state index contributed by atoms with van der Waals surface area (Å²) >= 11 is 0. The lowest BCUT2D eigenvalue weighted by atomic mass is 9.87. The Labute approximate surface area is 160 Å². The smallest absolute Gasteiger partial charge is 0.311 e. The highest BCUT2D eigenvalue weighted by Crippen LogP contribution is 2.27. The summed E-state index contributed by atoms with van der Waals surface area (Å²) in [6.45, 7) is 6.17. The highest BCUT2D eigenvalue weighted by Gasteiger charge is 2.22. The number of ether oxygens (including phenoxy) is 1. The SMILES string of the molecule is CC(C)(C)C(=O)OCCCCC(/C=C/CCCC#N)=C\C1CCCCC1. The van der Waals surface area contributed by atoms with E-state index in [0.717, 1.165) is 38.0 Å². The minimum absolute atomic E-state index is 0.118. The molecule has 0 N–H and O–H groups in total. The quantitative estimate of drug-likeness (QED) is 0.254. The molecule has 0 bridgehead atoms. The van der Waals surface area contributed by atoms with Crippen LogP contribution in [0.1, 0.15) is 91.4 Å². The molecule has 3 nitrogen and oxygen atoms in total. The molecule has 0 aliphatic heterocycles. The van der Waals surface area contributed by atoms with Gasteiger partial charge in [0.05, 0.1) is 18.1 Å². The third-order valence-electron chi connectivity index (χ3n) is 4.80. The van der Waals surface area contributed by atoms with Crippen molar-refractivity contribution in [2.45, 2.75) is 91.4 Å². The molecule has 0 radical (unpaired) electrons. The molecule has 0 aromatic heterocycles. The van der Waals surface area contributed by atoms with Crippen molar-refractivity contribution in [2.75, 3.05) is 6.61 Å². The van der Waals surface area contributed by atoms with Gasteiger partial charge >= 0.3 is 5.97 Å². The topological polar surface area (TPSA) is 50.1 Å². The Balaban J connectivity index is 2.42. The minimum atomic E-state index is -0.418. The van der Waals surface area contributed by atoms with Gasteiger partial charge in [-0.3, -0.25) is 4.79 Å². The van der Waals surface area contributed by atoms with Crippen LogP contribution in [0.5, 0.6) is 0 Å². The Morgan fingerprint density at radius 2 is 1.88 bits per heavy atom. The molecular formula is C23H37NO2. The average molecular weight is 360 g/mol. The molecular weight excluding hydrogens is 322 g/mol. The van der Waals surface area contributed by atoms with Gasteiger partial charge in [-0.1, -0.05) is 43.1 Å². The predicted molar refractivity (Wildman–Crippen MR) is 108 cm³/mol. The van der Waals surface area contributed by atoms with Gasteiger partial charge < -0.3 is 4.74 Å². The zero-order valence-electron chi connectivity index (χ0n) is 17.1. The summed E-state index contributed by atoms with van der Waals surface area (Å²) in [6.07, 6.45) is 19.2. The first-order chi connectivity index (χ1) is 12.4. The molecule has 0 amide bonds. The molecule has 0 atom stereocenters. The molecule has 0 unspecified atom stereocenters. The van der Waals surface area contributed by atoms with E-state index in [1.54, 1.807) is 0 Å². The molecule has 0 spiro atoms. The monoisotopic (exact) mass is 359 g/mol. The second kappa shape index (κ2) is 12.7. The molecule has 0 saturated heterocycles. The number of rotatable bonds is 10. The molecule has 26 heavy (non-hydrogen) atoms. The van der Waals surface area contributed by atoms with E-state index in [1.165, 1.54) is 37.7 Å². The fraction of sp³-hybridized carbons (Fsp3) is 0.739. The van der Waals surface area contributed by atoms with Crippen LogP contribution in [-0.2, 0) is 9.53 Å². The van der Waals surface area contributed by atoms with Crippen molar-refractivity contribution in [2.24, 2.45) is 11.3 Å². The summed E-state index contributed by atoms with van der Waals surface area (Å²) < 4.78 is 5.36. The van der Waals surface area contributed by atoms with Gasteiger partial charge in [-0.15, -0.1) is 0 Å². The lowest BCUT2D eigenvalue weighted by molar-refractivity contribution is -0.153. The van der Waals surface area contributed by atoms with Crippen LogP contribution < -0.4 is 0 Å². The largest absolute Gasteiger partial charge is 0.465 e. The fourth-order valence-electron chi connectivity index (χ4n) is 3.17. The molecule has 1 saturated carbocycles. The highest BCUT2D eigenvalue weighted by molar-refractivity contribution is 5.75. The van der Waals surface area contributed by atoms with Crippen molar-refractivity contribution in [3.63, 3.8) is 0 Å². The van der Waals surface area contributed by atoms with E-state index in [9.17, 15) is 4.79 Å². The van der Waals surface area contributed by atoms with E-state index < -0.39 is 5.41 Å². The van der Waals surface area contributed by atoms with E-state index in [-0.39, 0.29) is 5.97 Å². The Morgan fingerprint density at radius 3 is 2.54 bits per heavy atom. The number of hydrogen-bond acceptors (Lipinski definition) is 3. The Morgan fingerprint density at radius 1 is 1.15 bits per heavy atom. The molecule has 1 aliphatic carbocycles. The first-order valence-corrected chi connectivity index (χ1v) is 10.3. The van der Waals surface area contributed by atoms with E-state index in [2.05, 4.69) is 24.3 Å². The molecule has 1 fully saturated rings. The fourth-order valence-corrected chi connectivity index (χ4v) is 3.17. The van der Waals surface area contributed by atoms with Crippen molar-refractivity contribution in [1.82, 2.24) is 0 Å². The summed E-state index contributed by atoms with van der Waals surface area (Å²) in [6, 6.07) is 2.20. The van der Waals surface area contributed by atoms with Crippen LogP contribution in [0.25, 0.3) is 0 Å². The lowest BCUT2D eigenvalue weighted by Crippen LogP contribution is -2.23. The van der Waals surface area contributed by atoms with Crippen LogP contribution in [0.4, 0.5) is 0 Å². The zero-order chi connectivity index (χ0) is 19.3. The summed E-state index contributed by atoms with van der Waals surface area (Å²) in [5.41, 5.74) is 0.995. The highest BCUT2D eigenvalue weighted by atomic mass is 16.5. The van der Waals surface area contributed by atoms with Gasteiger partial charge in [0, 0.05) is 6.42 Å².